The van der Waals surface area contributed by atoms with Crippen LogP contribution in [0, 0.1) is 5.92 Å². The van der Waals surface area contributed by atoms with Gasteiger partial charge < -0.3 is 11.1 Å². The lowest BCUT2D eigenvalue weighted by Gasteiger charge is -2.18. The van der Waals surface area contributed by atoms with Crippen molar-refractivity contribution in [2.75, 3.05) is 6.54 Å². The highest BCUT2D eigenvalue weighted by atomic mass is 35.5. The van der Waals surface area contributed by atoms with E-state index in [0.29, 0.717) is 18.2 Å². The Morgan fingerprint density at radius 1 is 1.39 bits per heavy atom. The minimum atomic E-state index is -0.154. The van der Waals surface area contributed by atoms with Crippen LogP contribution in [0.3, 0.4) is 0 Å². The van der Waals surface area contributed by atoms with Crippen LogP contribution in [0.15, 0.2) is 18.6 Å². The second-order valence-corrected chi connectivity index (χ2v) is 4.10. The van der Waals surface area contributed by atoms with Gasteiger partial charge in [0.1, 0.15) is 5.69 Å². The fraction of sp³-hybridized carbons (Fsp3) is 0.545. The first-order valence-corrected chi connectivity index (χ1v) is 5.58. The van der Waals surface area contributed by atoms with Crippen LogP contribution in [0.5, 0.6) is 0 Å². The third-order valence-corrected chi connectivity index (χ3v) is 3.07. The first-order valence-electron chi connectivity index (χ1n) is 5.58. The molecule has 0 bridgehead atoms. The maximum atomic E-state index is 11.8. The number of aromatic nitrogens is 2. The molecule has 0 aromatic carbocycles. The molecule has 1 aromatic heterocycles. The van der Waals surface area contributed by atoms with E-state index in [0.717, 1.165) is 19.3 Å². The summed E-state index contributed by atoms with van der Waals surface area (Å²) in [7, 11) is 0. The van der Waals surface area contributed by atoms with Crippen LogP contribution in [0.4, 0.5) is 0 Å². The summed E-state index contributed by atoms with van der Waals surface area (Å²) in [6.45, 7) is 0.630. The van der Waals surface area contributed by atoms with Gasteiger partial charge in [0.2, 0.25) is 0 Å². The Morgan fingerprint density at radius 2 is 2.17 bits per heavy atom. The van der Waals surface area contributed by atoms with E-state index in [4.69, 9.17) is 5.73 Å². The molecule has 18 heavy (non-hydrogen) atoms. The number of carbonyl (C=O) groups is 1. The van der Waals surface area contributed by atoms with E-state index in [-0.39, 0.29) is 36.8 Å². The largest absolute Gasteiger partial charge is 0.348 e. The predicted molar refractivity (Wildman–Crippen MR) is 74.2 cm³/mol. The first-order chi connectivity index (χ1) is 7.81. The second-order valence-electron chi connectivity index (χ2n) is 4.10. The fourth-order valence-corrected chi connectivity index (χ4v) is 2.17. The number of halogens is 2. The lowest BCUT2D eigenvalue weighted by Crippen LogP contribution is -2.40. The van der Waals surface area contributed by atoms with Gasteiger partial charge in [0.15, 0.2) is 0 Å². The molecule has 3 N–H and O–H groups in total. The summed E-state index contributed by atoms with van der Waals surface area (Å²) < 4.78 is 0. The quantitative estimate of drug-likeness (QED) is 0.877. The summed E-state index contributed by atoms with van der Waals surface area (Å²) in [5.74, 6) is 0.249. The van der Waals surface area contributed by atoms with Crippen molar-refractivity contribution in [1.82, 2.24) is 15.3 Å². The van der Waals surface area contributed by atoms with Gasteiger partial charge >= 0.3 is 0 Å². The minimum Gasteiger partial charge on any atom is -0.348 e. The van der Waals surface area contributed by atoms with Crippen LogP contribution in [0.1, 0.15) is 29.8 Å². The zero-order valence-electron chi connectivity index (χ0n) is 9.91. The molecule has 0 saturated heterocycles. The second kappa shape index (κ2) is 8.24. The number of rotatable bonds is 3. The van der Waals surface area contributed by atoms with E-state index in [9.17, 15) is 4.79 Å². The van der Waals surface area contributed by atoms with E-state index in [2.05, 4.69) is 15.3 Å². The summed E-state index contributed by atoms with van der Waals surface area (Å²) in [5, 5.41) is 2.97. The number of nitrogens with two attached hydrogens (primary N) is 1. The minimum absolute atomic E-state index is 0. The van der Waals surface area contributed by atoms with Crippen molar-refractivity contribution >= 4 is 30.7 Å². The van der Waals surface area contributed by atoms with Gasteiger partial charge in [-0.15, -0.1) is 24.8 Å². The average molecular weight is 293 g/mol. The summed E-state index contributed by atoms with van der Waals surface area (Å²) in [6, 6.07) is 0.194. The lowest BCUT2D eigenvalue weighted by molar-refractivity contribution is 0.0923. The number of nitrogens with zero attached hydrogens (tertiary/aromatic N) is 2. The molecule has 1 aromatic rings. The molecule has 102 valence electrons. The zero-order chi connectivity index (χ0) is 11.4. The monoisotopic (exact) mass is 292 g/mol. The molecule has 1 heterocycles. The Labute approximate surface area is 119 Å². The van der Waals surface area contributed by atoms with Crippen LogP contribution in [-0.4, -0.2) is 28.5 Å². The van der Waals surface area contributed by atoms with Gasteiger partial charge in [-0.1, -0.05) is 6.42 Å². The standard InChI is InChI=1S/C11H16N4O.2ClH/c12-6-8-2-1-3-9(8)15-11(16)10-7-13-4-5-14-10;;/h4-5,7-9H,1-3,6,12H2,(H,15,16);2*1H. The average Bonchev–Trinajstić information content (AvgIpc) is 2.77. The van der Waals surface area contributed by atoms with E-state index in [1.807, 2.05) is 0 Å². The van der Waals surface area contributed by atoms with E-state index < -0.39 is 0 Å². The Morgan fingerprint density at radius 3 is 2.78 bits per heavy atom. The lowest BCUT2D eigenvalue weighted by atomic mass is 10.0. The van der Waals surface area contributed by atoms with Crippen LogP contribution in [0.25, 0.3) is 0 Å². The van der Waals surface area contributed by atoms with Gasteiger partial charge in [-0.05, 0) is 25.3 Å². The van der Waals surface area contributed by atoms with Gasteiger partial charge in [-0.3, -0.25) is 9.78 Å². The summed E-state index contributed by atoms with van der Waals surface area (Å²) >= 11 is 0. The van der Waals surface area contributed by atoms with Crippen LogP contribution in [0.2, 0.25) is 0 Å². The third-order valence-electron chi connectivity index (χ3n) is 3.07. The van der Waals surface area contributed by atoms with Crippen LogP contribution in [-0.2, 0) is 0 Å². The highest BCUT2D eigenvalue weighted by molar-refractivity contribution is 5.92. The predicted octanol–water partition coefficient (Wildman–Crippen LogP) is 1.18. The molecule has 7 heteroatoms. The molecule has 5 nitrogen and oxygen atoms in total. The number of hydrogen-bond acceptors (Lipinski definition) is 4. The molecule has 0 spiro atoms. The molecule has 1 fully saturated rings. The van der Waals surface area contributed by atoms with Crippen molar-refractivity contribution in [3.8, 4) is 0 Å². The maximum absolute atomic E-state index is 11.8. The molecule has 1 amide bonds. The molecular formula is C11H18Cl2N4O. The van der Waals surface area contributed by atoms with Gasteiger partial charge in [-0.2, -0.15) is 0 Å². The molecular weight excluding hydrogens is 275 g/mol. The fourth-order valence-electron chi connectivity index (χ4n) is 2.17. The number of hydrogen-bond donors (Lipinski definition) is 2. The highest BCUT2D eigenvalue weighted by Gasteiger charge is 2.27. The summed E-state index contributed by atoms with van der Waals surface area (Å²) in [5.41, 5.74) is 6.03. The summed E-state index contributed by atoms with van der Waals surface area (Å²) in [4.78, 5) is 19.6. The third kappa shape index (κ3) is 4.08. The number of nitrogens with one attached hydrogen (secondary N) is 1. The van der Waals surface area contributed by atoms with Crippen molar-refractivity contribution in [1.29, 1.82) is 0 Å². The van der Waals surface area contributed by atoms with Gasteiger partial charge in [0, 0.05) is 18.4 Å². The van der Waals surface area contributed by atoms with Crippen LogP contribution < -0.4 is 11.1 Å². The Bertz CT molecular complexity index is 363. The van der Waals surface area contributed by atoms with Crippen molar-refractivity contribution in [3.63, 3.8) is 0 Å². The highest BCUT2D eigenvalue weighted by Crippen LogP contribution is 2.24. The van der Waals surface area contributed by atoms with Gasteiger partial charge in [0.05, 0.1) is 6.20 Å². The SMILES string of the molecule is Cl.Cl.NCC1CCCC1NC(=O)c1cnccn1. The van der Waals surface area contributed by atoms with E-state index in [1.54, 1.807) is 6.20 Å². The van der Waals surface area contributed by atoms with Gasteiger partial charge in [0.25, 0.3) is 5.91 Å². The van der Waals surface area contributed by atoms with Crippen molar-refractivity contribution in [2.24, 2.45) is 11.7 Å². The molecule has 1 aliphatic rings. The number of amides is 1. The van der Waals surface area contributed by atoms with Crippen molar-refractivity contribution in [2.45, 2.75) is 25.3 Å². The molecule has 1 saturated carbocycles. The summed E-state index contributed by atoms with van der Waals surface area (Å²) in [6.07, 6.45) is 7.78. The van der Waals surface area contributed by atoms with Crippen molar-refractivity contribution in [3.05, 3.63) is 24.3 Å². The topological polar surface area (TPSA) is 80.9 Å². The van der Waals surface area contributed by atoms with E-state index in [1.165, 1.54) is 12.4 Å². The van der Waals surface area contributed by atoms with Crippen LogP contribution >= 0.6 is 24.8 Å². The van der Waals surface area contributed by atoms with E-state index >= 15 is 0 Å². The molecule has 2 atom stereocenters. The first kappa shape index (κ1) is 17.1. The maximum Gasteiger partial charge on any atom is 0.271 e. The van der Waals surface area contributed by atoms with Gasteiger partial charge in [-0.25, -0.2) is 4.98 Å². The smallest absolute Gasteiger partial charge is 0.271 e. The molecule has 1 aliphatic carbocycles. The Kier molecular flexibility index (Phi) is 7.82. The molecule has 0 aliphatic heterocycles. The normalized spacial score (nSPS) is 21.6. The molecule has 0 radical (unpaired) electrons. The molecule has 2 unspecified atom stereocenters. The number of carbonyl (C=O) groups excluding carboxylic acids is 1. The van der Waals surface area contributed by atoms with Crippen molar-refractivity contribution < 1.29 is 4.79 Å². The Balaban J connectivity index is 0.00000144. The molecule has 2 rings (SSSR count). The Hall–Kier alpha value is -0.910. The zero-order valence-corrected chi connectivity index (χ0v) is 11.5.